The summed E-state index contributed by atoms with van der Waals surface area (Å²) in [5.41, 5.74) is 1.33. The highest BCUT2D eigenvalue weighted by Gasteiger charge is 1.95. The molecule has 89 valence electrons. The zero-order valence-corrected chi connectivity index (χ0v) is 10.4. The highest BCUT2D eigenvalue weighted by Crippen LogP contribution is 2.05. The number of rotatable bonds is 8. The number of unbranched alkanes of at least 4 members (excludes halogenated alkanes) is 2. The highest BCUT2D eigenvalue weighted by atomic mass is 16.5. The molecule has 2 nitrogen and oxygen atoms in total. The van der Waals surface area contributed by atoms with Gasteiger partial charge in [-0.1, -0.05) is 26.3 Å². The van der Waals surface area contributed by atoms with Gasteiger partial charge >= 0.3 is 0 Å². The summed E-state index contributed by atoms with van der Waals surface area (Å²) < 4.78 is 5.50. The van der Waals surface area contributed by atoms with Gasteiger partial charge in [-0.05, 0) is 36.8 Å². The monoisotopic (exact) mass is 220 g/mol. The summed E-state index contributed by atoms with van der Waals surface area (Å²) in [7, 11) is 0. The van der Waals surface area contributed by atoms with Gasteiger partial charge in [-0.2, -0.15) is 0 Å². The molecule has 0 spiro atoms. The number of hydrogen-bond acceptors (Lipinski definition) is 2. The third-order valence-electron chi connectivity index (χ3n) is 2.37. The molecule has 0 N–H and O–H groups in total. The lowest BCUT2D eigenvalue weighted by molar-refractivity contribution is 0.140. The van der Waals surface area contributed by atoms with Gasteiger partial charge in [-0.25, -0.2) is 0 Å². The van der Waals surface area contributed by atoms with Crippen molar-refractivity contribution in [3.63, 3.8) is 0 Å². The lowest BCUT2D eigenvalue weighted by atomic mass is 10.1. The molecule has 0 saturated carbocycles. The molecule has 16 heavy (non-hydrogen) atoms. The zero-order valence-electron chi connectivity index (χ0n) is 10.4. The van der Waals surface area contributed by atoms with Crippen molar-refractivity contribution >= 4 is 0 Å². The number of aromatic nitrogens is 1. The van der Waals surface area contributed by atoms with Crippen LogP contribution < -0.4 is 0 Å². The van der Waals surface area contributed by atoms with Crippen molar-refractivity contribution in [2.75, 3.05) is 13.2 Å². The van der Waals surface area contributed by atoms with E-state index in [4.69, 9.17) is 4.74 Å². The van der Waals surface area contributed by atoms with Crippen LogP contribution in [0.25, 0.3) is 0 Å². The van der Waals surface area contributed by atoms with Gasteiger partial charge in [0.25, 0.3) is 0 Å². The minimum absolute atomic E-state index is 0.808. The Bertz CT molecular complexity index is 259. The maximum absolute atomic E-state index is 5.50. The van der Waals surface area contributed by atoms with Crippen LogP contribution in [0.5, 0.6) is 0 Å². The van der Waals surface area contributed by atoms with E-state index >= 15 is 0 Å². The quantitative estimate of drug-likeness (QED) is 0.626. The van der Waals surface area contributed by atoms with Crippen molar-refractivity contribution < 1.29 is 4.74 Å². The Kier molecular flexibility index (Phi) is 6.82. The number of pyridine rings is 1. The third kappa shape index (κ3) is 6.57. The molecular weight excluding hydrogens is 198 g/mol. The summed E-state index contributed by atoms with van der Waals surface area (Å²) in [5, 5.41) is 0. The summed E-state index contributed by atoms with van der Waals surface area (Å²) in [6.45, 7) is 5.89. The fourth-order valence-corrected chi connectivity index (χ4v) is 1.53. The fourth-order valence-electron chi connectivity index (χ4n) is 1.53. The van der Waals surface area contributed by atoms with Crippen LogP contribution in [0.3, 0.4) is 0 Å². The first-order valence-electron chi connectivity index (χ1n) is 6.04. The second-order valence-electron chi connectivity index (χ2n) is 4.43. The lowest BCUT2D eigenvalue weighted by Gasteiger charge is -2.06. The fraction of sp³-hybridized carbons (Fsp3) is 0.571. The third-order valence-corrected chi connectivity index (χ3v) is 2.37. The second-order valence-corrected chi connectivity index (χ2v) is 4.43. The molecular formula is C14H22NO. The van der Waals surface area contributed by atoms with E-state index in [0.717, 1.165) is 26.1 Å². The molecule has 1 aromatic heterocycles. The Morgan fingerprint density at radius 1 is 1.25 bits per heavy atom. The van der Waals surface area contributed by atoms with Crippen LogP contribution >= 0.6 is 0 Å². The summed E-state index contributed by atoms with van der Waals surface area (Å²) in [6.07, 6.45) is 8.52. The Balaban J connectivity index is 1.93. The van der Waals surface area contributed by atoms with Gasteiger partial charge in [-0.3, -0.25) is 4.98 Å². The minimum atomic E-state index is 0.808. The van der Waals surface area contributed by atoms with Crippen LogP contribution in [-0.4, -0.2) is 18.2 Å². The van der Waals surface area contributed by atoms with Crippen molar-refractivity contribution in [1.29, 1.82) is 0 Å². The van der Waals surface area contributed by atoms with Crippen LogP contribution in [0.4, 0.5) is 0 Å². The van der Waals surface area contributed by atoms with Crippen LogP contribution in [0.15, 0.2) is 24.5 Å². The van der Waals surface area contributed by atoms with E-state index in [1.54, 1.807) is 0 Å². The van der Waals surface area contributed by atoms with E-state index in [1.807, 2.05) is 18.5 Å². The molecule has 0 aliphatic rings. The number of nitrogens with zero attached hydrogens (tertiary/aromatic N) is 1. The summed E-state index contributed by atoms with van der Waals surface area (Å²) >= 11 is 0. The average Bonchev–Trinajstić information content (AvgIpc) is 2.29. The van der Waals surface area contributed by atoms with Crippen molar-refractivity contribution in [3.05, 3.63) is 36.0 Å². The van der Waals surface area contributed by atoms with Gasteiger partial charge in [0.2, 0.25) is 0 Å². The Labute approximate surface area is 99.0 Å². The van der Waals surface area contributed by atoms with Crippen LogP contribution in [0, 0.1) is 5.92 Å². The SMILES string of the molecule is C[C](C)COCCCCCc1cccnc1. The summed E-state index contributed by atoms with van der Waals surface area (Å²) in [6, 6.07) is 4.14. The summed E-state index contributed by atoms with van der Waals surface area (Å²) in [5.74, 6) is 1.34. The smallest absolute Gasteiger partial charge is 0.0523 e. The molecule has 1 rings (SSSR count). The van der Waals surface area contributed by atoms with Crippen LogP contribution in [0.2, 0.25) is 0 Å². The Morgan fingerprint density at radius 3 is 2.81 bits per heavy atom. The molecule has 0 aliphatic carbocycles. The average molecular weight is 220 g/mol. The molecule has 0 bridgehead atoms. The number of aryl methyl sites for hydroxylation is 1. The number of hydrogen-bond donors (Lipinski definition) is 0. The van der Waals surface area contributed by atoms with E-state index in [1.165, 1.54) is 24.3 Å². The predicted molar refractivity (Wildman–Crippen MR) is 67.2 cm³/mol. The van der Waals surface area contributed by atoms with Gasteiger partial charge in [0.15, 0.2) is 0 Å². The summed E-state index contributed by atoms with van der Waals surface area (Å²) in [4.78, 5) is 4.10. The number of ether oxygens (including phenoxy) is 1. The Hall–Kier alpha value is -0.890. The molecule has 0 aliphatic heterocycles. The topological polar surface area (TPSA) is 22.1 Å². The highest BCUT2D eigenvalue weighted by molar-refractivity contribution is 5.08. The van der Waals surface area contributed by atoms with E-state index in [0.29, 0.717) is 0 Å². The zero-order chi connectivity index (χ0) is 11.6. The van der Waals surface area contributed by atoms with E-state index in [2.05, 4.69) is 24.9 Å². The van der Waals surface area contributed by atoms with E-state index in [-0.39, 0.29) is 0 Å². The molecule has 1 heterocycles. The van der Waals surface area contributed by atoms with Crippen molar-refractivity contribution in [2.24, 2.45) is 0 Å². The second kappa shape index (κ2) is 8.28. The molecule has 0 fully saturated rings. The molecule has 0 unspecified atom stereocenters. The molecule has 1 radical (unpaired) electrons. The van der Waals surface area contributed by atoms with Crippen molar-refractivity contribution in [1.82, 2.24) is 4.98 Å². The van der Waals surface area contributed by atoms with Crippen LogP contribution in [-0.2, 0) is 11.2 Å². The first-order chi connectivity index (χ1) is 7.79. The van der Waals surface area contributed by atoms with Gasteiger partial charge in [0.05, 0.1) is 6.61 Å². The normalized spacial score (nSPS) is 10.9. The molecule has 1 aromatic rings. The maximum Gasteiger partial charge on any atom is 0.0523 e. The first kappa shape index (κ1) is 13.2. The molecule has 0 aromatic carbocycles. The molecule has 0 amide bonds. The predicted octanol–water partition coefficient (Wildman–Crippen LogP) is 3.43. The van der Waals surface area contributed by atoms with E-state index < -0.39 is 0 Å². The van der Waals surface area contributed by atoms with Gasteiger partial charge in [0.1, 0.15) is 0 Å². The lowest BCUT2D eigenvalue weighted by Crippen LogP contribution is -2.01. The first-order valence-corrected chi connectivity index (χ1v) is 6.04. The maximum atomic E-state index is 5.50. The van der Waals surface area contributed by atoms with Gasteiger partial charge in [-0.15, -0.1) is 0 Å². The van der Waals surface area contributed by atoms with Gasteiger partial charge in [0, 0.05) is 19.0 Å². The molecule has 0 saturated heterocycles. The minimum Gasteiger partial charge on any atom is -0.381 e. The molecule has 0 atom stereocenters. The van der Waals surface area contributed by atoms with Crippen molar-refractivity contribution in [2.45, 2.75) is 39.5 Å². The Morgan fingerprint density at radius 2 is 2.12 bits per heavy atom. The van der Waals surface area contributed by atoms with E-state index in [9.17, 15) is 0 Å². The van der Waals surface area contributed by atoms with Gasteiger partial charge < -0.3 is 4.74 Å². The standard InChI is InChI=1S/C14H22NO/c1-13(2)12-16-10-5-3-4-7-14-8-6-9-15-11-14/h6,8-9,11H,3-5,7,10,12H2,1-2H3. The van der Waals surface area contributed by atoms with Crippen LogP contribution in [0.1, 0.15) is 38.7 Å². The largest absolute Gasteiger partial charge is 0.381 e. The van der Waals surface area contributed by atoms with Crippen molar-refractivity contribution in [3.8, 4) is 0 Å². The molecule has 2 heteroatoms.